The fourth-order valence-corrected chi connectivity index (χ4v) is 4.72. The molecular formula is C18H15ClN2O4S. The lowest BCUT2D eigenvalue weighted by molar-refractivity contribution is 0.0734. The van der Waals surface area contributed by atoms with E-state index in [1.807, 2.05) is 6.07 Å². The maximum absolute atomic E-state index is 12.7. The van der Waals surface area contributed by atoms with Crippen molar-refractivity contribution in [2.24, 2.45) is 0 Å². The summed E-state index contributed by atoms with van der Waals surface area (Å²) in [5.41, 5.74) is 0.250. The standard InChI is InChI=1S/C18H15ClN2O4S/c19-15-8-7-13(11-17(15)26(23,24)21-9-3-4-10-21)18(22)25-16-6-2-1-5-14(16)12-20/h1-2,5-8,11H,3-4,9-10H2. The van der Waals surface area contributed by atoms with Crippen molar-refractivity contribution in [2.45, 2.75) is 17.7 Å². The minimum atomic E-state index is -3.77. The predicted octanol–water partition coefficient (Wildman–Crippen LogP) is 3.22. The molecule has 1 aliphatic heterocycles. The Morgan fingerprint density at radius 1 is 1.15 bits per heavy atom. The van der Waals surface area contributed by atoms with Gasteiger partial charge in [-0.2, -0.15) is 9.57 Å². The first-order chi connectivity index (χ1) is 12.4. The molecule has 1 saturated heterocycles. The van der Waals surface area contributed by atoms with Crippen LogP contribution in [0.15, 0.2) is 47.4 Å². The van der Waals surface area contributed by atoms with Gasteiger partial charge in [-0.1, -0.05) is 23.7 Å². The summed E-state index contributed by atoms with van der Waals surface area (Å²) < 4.78 is 32.1. The molecule has 0 bridgehead atoms. The van der Waals surface area contributed by atoms with Crippen molar-refractivity contribution in [2.75, 3.05) is 13.1 Å². The van der Waals surface area contributed by atoms with Gasteiger partial charge in [0.05, 0.1) is 16.1 Å². The molecule has 6 nitrogen and oxygen atoms in total. The highest BCUT2D eigenvalue weighted by Gasteiger charge is 2.30. The van der Waals surface area contributed by atoms with E-state index in [0.717, 1.165) is 12.8 Å². The zero-order valence-electron chi connectivity index (χ0n) is 13.7. The number of benzene rings is 2. The Balaban J connectivity index is 1.92. The van der Waals surface area contributed by atoms with Gasteiger partial charge in [0.1, 0.15) is 16.7 Å². The van der Waals surface area contributed by atoms with Crippen molar-refractivity contribution >= 4 is 27.6 Å². The lowest BCUT2D eigenvalue weighted by Crippen LogP contribution is -2.28. The van der Waals surface area contributed by atoms with E-state index in [-0.39, 0.29) is 26.8 Å². The largest absolute Gasteiger partial charge is 0.422 e. The predicted molar refractivity (Wildman–Crippen MR) is 95.6 cm³/mol. The fraction of sp³-hybridized carbons (Fsp3) is 0.222. The lowest BCUT2D eigenvalue weighted by atomic mass is 10.2. The van der Waals surface area contributed by atoms with E-state index in [9.17, 15) is 13.2 Å². The number of hydrogen-bond acceptors (Lipinski definition) is 5. The maximum atomic E-state index is 12.7. The van der Waals surface area contributed by atoms with E-state index < -0.39 is 16.0 Å². The summed E-state index contributed by atoms with van der Waals surface area (Å²) in [5.74, 6) is -0.652. The monoisotopic (exact) mass is 390 g/mol. The van der Waals surface area contributed by atoms with Gasteiger partial charge in [-0.25, -0.2) is 13.2 Å². The molecule has 8 heteroatoms. The third-order valence-electron chi connectivity index (χ3n) is 4.06. The average Bonchev–Trinajstić information content (AvgIpc) is 3.18. The van der Waals surface area contributed by atoms with Gasteiger partial charge < -0.3 is 4.74 Å². The van der Waals surface area contributed by atoms with E-state index in [0.29, 0.717) is 13.1 Å². The van der Waals surface area contributed by atoms with Crippen molar-refractivity contribution in [1.82, 2.24) is 4.31 Å². The van der Waals surface area contributed by atoms with Crippen LogP contribution in [0, 0.1) is 11.3 Å². The second-order valence-corrected chi connectivity index (χ2v) is 8.07. The van der Waals surface area contributed by atoms with Gasteiger partial charge in [0.15, 0.2) is 0 Å². The van der Waals surface area contributed by atoms with E-state index in [4.69, 9.17) is 21.6 Å². The summed E-state index contributed by atoms with van der Waals surface area (Å²) in [6.07, 6.45) is 1.59. The average molecular weight is 391 g/mol. The molecule has 0 unspecified atom stereocenters. The van der Waals surface area contributed by atoms with Crippen LogP contribution in [0.5, 0.6) is 5.75 Å². The normalized spacial score (nSPS) is 14.8. The number of rotatable bonds is 4. The highest BCUT2D eigenvalue weighted by atomic mass is 35.5. The first-order valence-corrected chi connectivity index (χ1v) is 9.76. The number of halogens is 1. The fourth-order valence-electron chi connectivity index (χ4n) is 2.70. The Morgan fingerprint density at radius 3 is 2.54 bits per heavy atom. The summed E-state index contributed by atoms with van der Waals surface area (Å²) in [6.45, 7) is 0.867. The second kappa shape index (κ2) is 7.46. The smallest absolute Gasteiger partial charge is 0.343 e. The molecule has 0 spiro atoms. The summed E-state index contributed by atoms with van der Waals surface area (Å²) in [5, 5.41) is 9.11. The van der Waals surface area contributed by atoms with Crippen molar-refractivity contribution < 1.29 is 17.9 Å². The number of para-hydroxylation sites is 1. The Labute approximate surface area is 156 Å². The van der Waals surface area contributed by atoms with Crippen LogP contribution in [0.1, 0.15) is 28.8 Å². The number of sulfonamides is 1. The van der Waals surface area contributed by atoms with E-state index in [1.54, 1.807) is 12.1 Å². The molecule has 134 valence electrons. The summed E-state index contributed by atoms with van der Waals surface area (Å²) >= 11 is 6.07. The van der Waals surface area contributed by atoms with E-state index in [1.165, 1.54) is 34.6 Å². The number of nitriles is 1. The van der Waals surface area contributed by atoms with E-state index in [2.05, 4.69) is 0 Å². The Bertz CT molecular complexity index is 992. The summed E-state index contributed by atoms with van der Waals surface area (Å²) in [4.78, 5) is 12.3. The van der Waals surface area contributed by atoms with Crippen molar-refractivity contribution in [1.29, 1.82) is 5.26 Å². The molecule has 0 saturated carbocycles. The molecule has 26 heavy (non-hydrogen) atoms. The maximum Gasteiger partial charge on any atom is 0.343 e. The number of ether oxygens (including phenoxy) is 1. The Hall–Kier alpha value is -2.40. The molecule has 2 aromatic carbocycles. The quantitative estimate of drug-likeness (QED) is 0.590. The highest BCUT2D eigenvalue weighted by Crippen LogP contribution is 2.28. The van der Waals surface area contributed by atoms with E-state index >= 15 is 0 Å². The molecular weight excluding hydrogens is 376 g/mol. The SMILES string of the molecule is N#Cc1ccccc1OC(=O)c1ccc(Cl)c(S(=O)(=O)N2CCCC2)c1. The van der Waals surface area contributed by atoms with Crippen molar-refractivity contribution in [3.8, 4) is 11.8 Å². The second-order valence-electron chi connectivity index (χ2n) is 5.75. The van der Waals surface area contributed by atoms with Gasteiger partial charge in [-0.05, 0) is 43.2 Å². The van der Waals surface area contributed by atoms with Crippen LogP contribution in [0.2, 0.25) is 5.02 Å². The summed E-state index contributed by atoms with van der Waals surface area (Å²) in [6, 6.07) is 12.2. The van der Waals surface area contributed by atoms with Gasteiger partial charge in [-0.15, -0.1) is 0 Å². The molecule has 1 fully saturated rings. The molecule has 3 rings (SSSR count). The minimum Gasteiger partial charge on any atom is -0.422 e. The molecule has 1 heterocycles. The Morgan fingerprint density at radius 2 is 1.85 bits per heavy atom. The van der Waals surface area contributed by atoms with Crippen LogP contribution in [-0.4, -0.2) is 31.8 Å². The van der Waals surface area contributed by atoms with Crippen LogP contribution in [-0.2, 0) is 10.0 Å². The first-order valence-electron chi connectivity index (χ1n) is 7.94. The molecule has 2 aromatic rings. The third kappa shape index (κ3) is 3.58. The molecule has 0 N–H and O–H groups in total. The van der Waals surface area contributed by atoms with Crippen LogP contribution in [0.25, 0.3) is 0 Å². The number of nitrogens with zero attached hydrogens (tertiary/aromatic N) is 2. The molecule has 0 aliphatic carbocycles. The Kier molecular flexibility index (Phi) is 5.28. The van der Waals surface area contributed by atoms with Crippen LogP contribution in [0.4, 0.5) is 0 Å². The number of carbonyl (C=O) groups is 1. The minimum absolute atomic E-state index is 0.0416. The van der Waals surface area contributed by atoms with Crippen molar-refractivity contribution in [3.63, 3.8) is 0 Å². The zero-order chi connectivity index (χ0) is 18.7. The zero-order valence-corrected chi connectivity index (χ0v) is 15.3. The van der Waals surface area contributed by atoms with Gasteiger partial charge in [0, 0.05) is 13.1 Å². The number of hydrogen-bond donors (Lipinski definition) is 0. The van der Waals surface area contributed by atoms with Crippen molar-refractivity contribution in [3.05, 3.63) is 58.6 Å². The first kappa shape index (κ1) is 18.4. The highest BCUT2D eigenvalue weighted by molar-refractivity contribution is 7.89. The molecule has 0 aromatic heterocycles. The van der Waals surface area contributed by atoms with Gasteiger partial charge in [-0.3, -0.25) is 0 Å². The van der Waals surface area contributed by atoms with Crippen LogP contribution in [0.3, 0.4) is 0 Å². The van der Waals surface area contributed by atoms with Crippen LogP contribution < -0.4 is 4.74 Å². The topological polar surface area (TPSA) is 87.5 Å². The molecule has 0 amide bonds. The van der Waals surface area contributed by atoms with Gasteiger partial charge >= 0.3 is 5.97 Å². The molecule has 0 radical (unpaired) electrons. The van der Waals surface area contributed by atoms with Gasteiger partial charge in [0.2, 0.25) is 10.0 Å². The lowest BCUT2D eigenvalue weighted by Gasteiger charge is -2.17. The summed E-state index contributed by atoms with van der Waals surface area (Å²) in [7, 11) is -3.77. The van der Waals surface area contributed by atoms with Crippen LogP contribution >= 0.6 is 11.6 Å². The van der Waals surface area contributed by atoms with Gasteiger partial charge in [0.25, 0.3) is 0 Å². The number of esters is 1. The molecule has 0 atom stereocenters. The third-order valence-corrected chi connectivity index (χ3v) is 6.44. The molecule has 1 aliphatic rings. The number of carbonyl (C=O) groups excluding carboxylic acids is 1.